The second-order valence-electron chi connectivity index (χ2n) is 9.79. The van der Waals surface area contributed by atoms with Gasteiger partial charge in [0.15, 0.2) is 12.1 Å². The Morgan fingerprint density at radius 2 is 1.63 bits per heavy atom. The zero-order valence-corrected chi connectivity index (χ0v) is 20.7. The number of methoxy groups -OCH3 is 1. The number of likely N-dealkylation sites (tertiary alicyclic amines) is 1. The predicted octanol–water partition coefficient (Wildman–Crippen LogP) is 4.39. The third-order valence-electron chi connectivity index (χ3n) is 7.57. The molecule has 1 aliphatic heterocycles. The Bertz CT molecular complexity index is 1070. The number of quaternary nitrogens is 1. The molecule has 0 atom stereocenters. The van der Waals surface area contributed by atoms with E-state index in [4.69, 9.17) is 9.47 Å². The summed E-state index contributed by atoms with van der Waals surface area (Å²) in [5.74, 6) is -0.896. The van der Waals surface area contributed by atoms with Gasteiger partial charge in [-0.25, -0.2) is 9.59 Å². The monoisotopic (exact) mass is 479 g/mol. The van der Waals surface area contributed by atoms with Crippen LogP contribution in [0.2, 0.25) is 0 Å². The maximum Gasteiger partial charge on any atom is 0.362 e. The third kappa shape index (κ3) is 5.25. The van der Waals surface area contributed by atoms with Crippen LogP contribution < -0.4 is 5.32 Å². The van der Waals surface area contributed by atoms with Gasteiger partial charge in [-0.05, 0) is 49.8 Å². The summed E-state index contributed by atoms with van der Waals surface area (Å²) in [6, 6.07) is 14.9. The van der Waals surface area contributed by atoms with Crippen molar-refractivity contribution in [1.82, 2.24) is 0 Å². The van der Waals surface area contributed by atoms with E-state index in [0.717, 1.165) is 49.9 Å². The molecule has 1 saturated heterocycles. The average Bonchev–Trinajstić information content (AvgIpc) is 3.70. The lowest BCUT2D eigenvalue weighted by Crippen LogP contribution is -2.64. The minimum absolute atomic E-state index is 0.130. The van der Waals surface area contributed by atoms with Crippen LogP contribution in [0.4, 0.5) is 5.69 Å². The number of hydrogen-bond acceptors (Lipinski definition) is 5. The molecule has 1 saturated carbocycles. The van der Waals surface area contributed by atoms with E-state index in [0.29, 0.717) is 28.6 Å². The maximum absolute atomic E-state index is 13.9. The lowest BCUT2D eigenvalue weighted by Gasteiger charge is -2.43. The summed E-state index contributed by atoms with van der Waals surface area (Å²) >= 11 is 0. The summed E-state index contributed by atoms with van der Waals surface area (Å²) in [7, 11) is 1.33. The van der Waals surface area contributed by atoms with Gasteiger partial charge >= 0.3 is 11.9 Å². The summed E-state index contributed by atoms with van der Waals surface area (Å²) in [5.41, 5.74) is 1.86. The predicted molar refractivity (Wildman–Crippen MR) is 133 cm³/mol. The van der Waals surface area contributed by atoms with E-state index in [1.165, 1.54) is 7.11 Å². The Kier molecular flexibility index (Phi) is 7.55. The Morgan fingerprint density at radius 3 is 2.26 bits per heavy atom. The molecule has 2 aromatic carbocycles. The van der Waals surface area contributed by atoms with Gasteiger partial charge in [0.05, 0.1) is 31.5 Å². The molecule has 35 heavy (non-hydrogen) atoms. The van der Waals surface area contributed by atoms with Gasteiger partial charge in [0.2, 0.25) is 0 Å². The van der Waals surface area contributed by atoms with Crippen molar-refractivity contribution in [1.29, 1.82) is 0 Å². The standard InChI is InChI=1S/C28H34N2O5/c1-21-11-10-14-23(26(32)34-2)25(21)29-27(33)28(15-16-28)30(17-8-3-4-9-18-30)19-24(31)35-20-22-12-6-5-7-13-22/h5-7,10-14H,3-4,8-9,15-20H2,1-2H3/p+1. The number of ether oxygens (including phenoxy) is 2. The van der Waals surface area contributed by atoms with Crippen molar-refractivity contribution in [3.63, 3.8) is 0 Å². The van der Waals surface area contributed by atoms with E-state index in [-0.39, 0.29) is 25.0 Å². The number of carbonyl (C=O) groups is 3. The van der Waals surface area contributed by atoms with Crippen molar-refractivity contribution in [3.05, 3.63) is 65.2 Å². The molecule has 186 valence electrons. The quantitative estimate of drug-likeness (QED) is 0.449. The van der Waals surface area contributed by atoms with Crippen LogP contribution in [0.25, 0.3) is 0 Å². The minimum Gasteiger partial charge on any atom is -0.465 e. The molecule has 4 rings (SSSR count). The fourth-order valence-corrected chi connectivity index (χ4v) is 5.44. The molecule has 0 spiro atoms. The first kappa shape index (κ1) is 24.9. The highest BCUT2D eigenvalue weighted by molar-refractivity contribution is 6.05. The lowest BCUT2D eigenvalue weighted by molar-refractivity contribution is -0.945. The van der Waals surface area contributed by atoms with Crippen LogP contribution in [-0.2, 0) is 25.7 Å². The highest BCUT2D eigenvalue weighted by Crippen LogP contribution is 2.49. The topological polar surface area (TPSA) is 81.7 Å². The van der Waals surface area contributed by atoms with Gasteiger partial charge in [0, 0.05) is 12.8 Å². The zero-order chi connectivity index (χ0) is 24.9. The van der Waals surface area contributed by atoms with Crippen molar-refractivity contribution in [3.8, 4) is 0 Å². The zero-order valence-electron chi connectivity index (χ0n) is 20.7. The van der Waals surface area contributed by atoms with Crippen LogP contribution in [0.1, 0.15) is 60.0 Å². The van der Waals surface area contributed by atoms with E-state index >= 15 is 0 Å². The van der Waals surface area contributed by atoms with Gasteiger partial charge in [0.1, 0.15) is 6.61 Å². The van der Waals surface area contributed by atoms with Gasteiger partial charge < -0.3 is 19.3 Å². The van der Waals surface area contributed by atoms with Crippen LogP contribution in [0.5, 0.6) is 0 Å². The molecule has 1 heterocycles. The van der Waals surface area contributed by atoms with Crippen molar-refractivity contribution >= 4 is 23.5 Å². The smallest absolute Gasteiger partial charge is 0.362 e. The van der Waals surface area contributed by atoms with Crippen molar-refractivity contribution in [2.45, 2.75) is 57.6 Å². The van der Waals surface area contributed by atoms with Gasteiger partial charge in [-0.15, -0.1) is 0 Å². The Hall–Kier alpha value is -3.19. The summed E-state index contributed by atoms with van der Waals surface area (Å²) in [5, 5.41) is 3.06. The molecule has 1 N–H and O–H groups in total. The van der Waals surface area contributed by atoms with Crippen molar-refractivity contribution in [2.24, 2.45) is 0 Å². The Labute approximate surface area is 207 Å². The van der Waals surface area contributed by atoms with Crippen LogP contribution in [-0.4, -0.2) is 54.6 Å². The molecule has 0 bridgehead atoms. The van der Waals surface area contributed by atoms with E-state index in [1.807, 2.05) is 43.3 Å². The fraction of sp³-hybridized carbons (Fsp3) is 0.464. The molecule has 0 radical (unpaired) electrons. The SMILES string of the molecule is COC(=O)c1cccc(C)c1NC(=O)C1([N+]2(CC(=O)OCc3ccccc3)CCCCCC2)CC1. The number of nitrogens with one attached hydrogen (secondary N) is 1. The normalized spacial score (nSPS) is 18.1. The number of esters is 2. The molecule has 7 heteroatoms. The number of hydrogen-bond donors (Lipinski definition) is 1. The summed E-state index contributed by atoms with van der Waals surface area (Å²) in [4.78, 5) is 39.3. The van der Waals surface area contributed by atoms with Crippen LogP contribution in [0.3, 0.4) is 0 Å². The summed E-state index contributed by atoms with van der Waals surface area (Å²) in [6.07, 6.45) is 5.56. The molecule has 1 amide bonds. The van der Waals surface area contributed by atoms with E-state index in [9.17, 15) is 14.4 Å². The highest BCUT2D eigenvalue weighted by atomic mass is 16.5. The second-order valence-corrected chi connectivity index (χ2v) is 9.79. The lowest BCUT2D eigenvalue weighted by atomic mass is 10.0. The molecule has 7 nitrogen and oxygen atoms in total. The van der Waals surface area contributed by atoms with E-state index in [1.54, 1.807) is 12.1 Å². The first-order valence-corrected chi connectivity index (χ1v) is 12.5. The number of para-hydroxylation sites is 1. The second kappa shape index (κ2) is 10.6. The van der Waals surface area contributed by atoms with Crippen molar-refractivity contribution < 1.29 is 28.3 Å². The van der Waals surface area contributed by atoms with E-state index < -0.39 is 11.5 Å². The third-order valence-corrected chi connectivity index (χ3v) is 7.57. The summed E-state index contributed by atoms with van der Waals surface area (Å²) in [6.45, 7) is 3.80. The largest absolute Gasteiger partial charge is 0.465 e. The number of amides is 1. The van der Waals surface area contributed by atoms with Crippen molar-refractivity contribution in [2.75, 3.05) is 32.1 Å². The number of anilines is 1. The fourth-order valence-electron chi connectivity index (χ4n) is 5.44. The van der Waals surface area contributed by atoms with Gasteiger partial charge in [-0.2, -0.15) is 0 Å². The minimum atomic E-state index is -0.689. The molecule has 2 aliphatic rings. The Balaban J connectivity index is 1.56. The van der Waals surface area contributed by atoms with Crippen LogP contribution in [0.15, 0.2) is 48.5 Å². The maximum atomic E-state index is 13.9. The summed E-state index contributed by atoms with van der Waals surface area (Å²) < 4.78 is 11.0. The first-order chi connectivity index (χ1) is 16.9. The molecule has 2 aromatic rings. The number of benzene rings is 2. The molecule has 0 unspecified atom stereocenters. The first-order valence-electron chi connectivity index (χ1n) is 12.5. The van der Waals surface area contributed by atoms with Gasteiger partial charge in [-0.3, -0.25) is 4.79 Å². The number of carbonyl (C=O) groups excluding carboxylic acids is 3. The van der Waals surface area contributed by atoms with Gasteiger partial charge in [0.25, 0.3) is 5.91 Å². The average molecular weight is 480 g/mol. The molecular formula is C28H35N2O5+. The van der Waals surface area contributed by atoms with E-state index in [2.05, 4.69) is 5.32 Å². The van der Waals surface area contributed by atoms with Gasteiger partial charge in [-0.1, -0.05) is 42.5 Å². The molecular weight excluding hydrogens is 444 g/mol. The van der Waals surface area contributed by atoms with Crippen LogP contribution >= 0.6 is 0 Å². The number of aryl methyl sites for hydroxylation is 1. The number of rotatable bonds is 8. The molecule has 1 aliphatic carbocycles. The molecule has 0 aromatic heterocycles. The molecule has 2 fully saturated rings. The Morgan fingerprint density at radius 1 is 0.943 bits per heavy atom. The van der Waals surface area contributed by atoms with Crippen LogP contribution in [0, 0.1) is 6.92 Å². The highest BCUT2D eigenvalue weighted by Gasteiger charge is 2.66. The number of nitrogens with zero attached hydrogens (tertiary/aromatic N) is 1.